The Balaban J connectivity index is 2.26. The molecule has 0 unspecified atom stereocenters. The fourth-order valence-corrected chi connectivity index (χ4v) is 2.29. The van der Waals surface area contributed by atoms with Gasteiger partial charge in [-0.3, -0.25) is 0 Å². The lowest BCUT2D eigenvalue weighted by atomic mass is 9.95. The van der Waals surface area contributed by atoms with Gasteiger partial charge >= 0.3 is 0 Å². The van der Waals surface area contributed by atoms with E-state index in [2.05, 4.69) is 6.58 Å². The van der Waals surface area contributed by atoms with Gasteiger partial charge in [0.1, 0.15) is 0 Å². The first kappa shape index (κ1) is 11.5. The fraction of sp³-hybridized carbons (Fsp3) is 0.0625. The summed E-state index contributed by atoms with van der Waals surface area (Å²) in [7, 11) is 0. The molecule has 1 N–H and O–H groups in total. The average molecular weight is 251 g/mol. The van der Waals surface area contributed by atoms with Gasteiger partial charge < -0.3 is 14.9 Å². The Morgan fingerprint density at radius 3 is 2.68 bits per heavy atom. The van der Waals surface area contributed by atoms with Crippen molar-refractivity contribution in [2.75, 3.05) is 6.79 Å². The van der Waals surface area contributed by atoms with Crippen molar-refractivity contribution >= 4 is 12.3 Å². The second-order valence-electron chi connectivity index (χ2n) is 4.20. The molecule has 0 bridgehead atoms. The Morgan fingerprint density at radius 1 is 1.05 bits per heavy atom. The number of ether oxygens (including phenoxy) is 2. The van der Waals surface area contributed by atoms with E-state index in [0.717, 1.165) is 22.3 Å². The molecule has 0 saturated carbocycles. The standard InChI is InChI=1S/C16H13NO2/c1-2-11-5-3-4-6-12(11)13-7-8-15-16(14(13)9-17)19-10-18-15/h2-9,17H,1,10H2. The highest BCUT2D eigenvalue weighted by Crippen LogP contribution is 2.40. The van der Waals surface area contributed by atoms with Gasteiger partial charge in [0.15, 0.2) is 11.5 Å². The summed E-state index contributed by atoms with van der Waals surface area (Å²) in [6.07, 6.45) is 3.12. The van der Waals surface area contributed by atoms with Gasteiger partial charge in [0.05, 0.1) is 0 Å². The van der Waals surface area contributed by atoms with Crippen LogP contribution >= 0.6 is 0 Å². The highest BCUT2D eigenvalue weighted by atomic mass is 16.7. The van der Waals surface area contributed by atoms with E-state index in [9.17, 15) is 0 Å². The minimum Gasteiger partial charge on any atom is -0.454 e. The third-order valence-electron chi connectivity index (χ3n) is 3.19. The van der Waals surface area contributed by atoms with Gasteiger partial charge in [0.2, 0.25) is 6.79 Å². The van der Waals surface area contributed by atoms with Crippen molar-refractivity contribution in [3.63, 3.8) is 0 Å². The van der Waals surface area contributed by atoms with Crippen molar-refractivity contribution in [3.05, 3.63) is 54.1 Å². The molecule has 3 nitrogen and oxygen atoms in total. The monoisotopic (exact) mass is 251 g/mol. The third-order valence-corrected chi connectivity index (χ3v) is 3.19. The second-order valence-corrected chi connectivity index (χ2v) is 4.20. The maximum absolute atomic E-state index is 7.64. The third kappa shape index (κ3) is 1.80. The topological polar surface area (TPSA) is 42.3 Å². The lowest BCUT2D eigenvalue weighted by molar-refractivity contribution is 0.174. The lowest BCUT2D eigenvalue weighted by Gasteiger charge is -2.11. The van der Waals surface area contributed by atoms with Gasteiger partial charge in [-0.15, -0.1) is 0 Å². The zero-order valence-electron chi connectivity index (χ0n) is 10.3. The van der Waals surface area contributed by atoms with E-state index in [1.807, 2.05) is 42.5 Å². The van der Waals surface area contributed by atoms with E-state index in [1.54, 1.807) is 0 Å². The number of rotatable bonds is 3. The summed E-state index contributed by atoms with van der Waals surface area (Å²) >= 11 is 0. The van der Waals surface area contributed by atoms with Gasteiger partial charge in [0.25, 0.3) is 0 Å². The molecule has 94 valence electrons. The van der Waals surface area contributed by atoms with Crippen molar-refractivity contribution in [1.29, 1.82) is 5.41 Å². The molecular weight excluding hydrogens is 238 g/mol. The maximum atomic E-state index is 7.64. The summed E-state index contributed by atoms with van der Waals surface area (Å²) in [4.78, 5) is 0. The minimum atomic E-state index is 0.211. The SMILES string of the molecule is C=Cc1ccccc1-c1ccc2c(c1C=N)OCO2. The van der Waals surface area contributed by atoms with E-state index in [4.69, 9.17) is 14.9 Å². The Labute approximate surface area is 111 Å². The quantitative estimate of drug-likeness (QED) is 0.845. The Hall–Kier alpha value is -2.55. The van der Waals surface area contributed by atoms with Crippen LogP contribution in [0.25, 0.3) is 17.2 Å². The molecule has 0 amide bonds. The van der Waals surface area contributed by atoms with Crippen LogP contribution in [0.1, 0.15) is 11.1 Å². The molecule has 2 aromatic carbocycles. The van der Waals surface area contributed by atoms with Crippen molar-refractivity contribution < 1.29 is 9.47 Å². The summed E-state index contributed by atoms with van der Waals surface area (Å²) in [6.45, 7) is 4.04. The van der Waals surface area contributed by atoms with Crippen LogP contribution in [0.3, 0.4) is 0 Å². The van der Waals surface area contributed by atoms with Gasteiger partial charge in [-0.05, 0) is 28.8 Å². The second kappa shape index (κ2) is 4.61. The smallest absolute Gasteiger partial charge is 0.231 e. The molecule has 0 radical (unpaired) electrons. The predicted molar refractivity (Wildman–Crippen MR) is 76.0 cm³/mol. The van der Waals surface area contributed by atoms with Crippen molar-refractivity contribution in [2.45, 2.75) is 0 Å². The highest BCUT2D eigenvalue weighted by molar-refractivity contribution is 5.95. The molecule has 1 aliphatic rings. The van der Waals surface area contributed by atoms with Gasteiger partial charge in [0, 0.05) is 11.8 Å². The molecule has 0 fully saturated rings. The zero-order valence-corrected chi connectivity index (χ0v) is 10.3. The summed E-state index contributed by atoms with van der Waals surface area (Å²) in [5, 5.41) is 7.64. The van der Waals surface area contributed by atoms with Crippen LogP contribution in [-0.2, 0) is 0 Å². The molecule has 0 aliphatic carbocycles. The summed E-state index contributed by atoms with van der Waals surface area (Å²) in [5.74, 6) is 1.34. The molecule has 1 heterocycles. The van der Waals surface area contributed by atoms with E-state index in [-0.39, 0.29) is 6.79 Å². The van der Waals surface area contributed by atoms with E-state index < -0.39 is 0 Å². The van der Waals surface area contributed by atoms with Crippen LogP contribution in [0.4, 0.5) is 0 Å². The van der Waals surface area contributed by atoms with Crippen LogP contribution in [-0.4, -0.2) is 13.0 Å². The zero-order chi connectivity index (χ0) is 13.2. The molecule has 1 aliphatic heterocycles. The predicted octanol–water partition coefficient (Wildman–Crippen LogP) is 3.72. The molecule has 0 saturated heterocycles. The van der Waals surface area contributed by atoms with Crippen LogP contribution in [0.15, 0.2) is 43.0 Å². The summed E-state index contributed by atoms with van der Waals surface area (Å²) in [6, 6.07) is 11.8. The first-order chi connectivity index (χ1) is 9.35. The first-order valence-electron chi connectivity index (χ1n) is 6.00. The largest absolute Gasteiger partial charge is 0.454 e. The highest BCUT2D eigenvalue weighted by Gasteiger charge is 2.20. The van der Waals surface area contributed by atoms with Crippen LogP contribution < -0.4 is 9.47 Å². The first-order valence-corrected chi connectivity index (χ1v) is 6.00. The number of benzene rings is 2. The van der Waals surface area contributed by atoms with Gasteiger partial charge in [-0.2, -0.15) is 0 Å². The van der Waals surface area contributed by atoms with Crippen molar-refractivity contribution in [1.82, 2.24) is 0 Å². The number of hydrogen-bond donors (Lipinski definition) is 1. The van der Waals surface area contributed by atoms with Crippen LogP contribution in [0.5, 0.6) is 11.5 Å². The van der Waals surface area contributed by atoms with Gasteiger partial charge in [-0.25, -0.2) is 0 Å². The molecule has 2 aromatic rings. The molecule has 0 spiro atoms. The fourth-order valence-electron chi connectivity index (χ4n) is 2.29. The number of hydrogen-bond acceptors (Lipinski definition) is 3. The molecule has 3 heteroatoms. The Morgan fingerprint density at radius 2 is 1.89 bits per heavy atom. The number of fused-ring (bicyclic) bond motifs is 1. The summed E-state index contributed by atoms with van der Waals surface area (Å²) in [5.41, 5.74) is 3.76. The van der Waals surface area contributed by atoms with Crippen LogP contribution in [0, 0.1) is 5.41 Å². The molecule has 0 aromatic heterocycles. The normalized spacial score (nSPS) is 12.2. The maximum Gasteiger partial charge on any atom is 0.231 e. The Kier molecular flexibility index (Phi) is 2.80. The molecule has 19 heavy (non-hydrogen) atoms. The van der Waals surface area contributed by atoms with Crippen molar-refractivity contribution in [3.8, 4) is 22.6 Å². The van der Waals surface area contributed by atoms with E-state index in [0.29, 0.717) is 11.5 Å². The molecule has 0 atom stereocenters. The summed E-state index contributed by atoms with van der Waals surface area (Å²) < 4.78 is 10.8. The molecule has 3 rings (SSSR count). The Bertz CT molecular complexity index is 662. The average Bonchev–Trinajstić information content (AvgIpc) is 2.94. The van der Waals surface area contributed by atoms with Gasteiger partial charge in [-0.1, -0.05) is 36.9 Å². The van der Waals surface area contributed by atoms with E-state index in [1.165, 1.54) is 6.21 Å². The minimum absolute atomic E-state index is 0.211. The molecular formula is C16H13NO2. The lowest BCUT2D eigenvalue weighted by Crippen LogP contribution is -1.95. The number of nitrogens with one attached hydrogen (secondary N) is 1. The van der Waals surface area contributed by atoms with Crippen molar-refractivity contribution in [2.24, 2.45) is 0 Å². The van der Waals surface area contributed by atoms with Crippen LogP contribution in [0.2, 0.25) is 0 Å². The van der Waals surface area contributed by atoms with E-state index >= 15 is 0 Å².